The lowest BCUT2D eigenvalue weighted by Crippen LogP contribution is -2.34. The average molecular weight is 188 g/mol. The minimum Gasteiger partial charge on any atom is -0.389 e. The van der Waals surface area contributed by atoms with Crippen molar-refractivity contribution in [3.8, 4) is 0 Å². The number of hydrogen-bond donors (Lipinski definition) is 1. The summed E-state index contributed by atoms with van der Waals surface area (Å²) in [6.45, 7) is 11.5. The second-order valence-corrected chi connectivity index (χ2v) is 3.07. The molecule has 0 fully saturated rings. The van der Waals surface area contributed by atoms with Crippen molar-refractivity contribution in [3.05, 3.63) is 6.92 Å². The fraction of sp³-hybridized carbons (Fsp3) is 0.900. The Labute approximate surface area is 81.7 Å². The van der Waals surface area contributed by atoms with Crippen LogP contribution in [0.3, 0.4) is 0 Å². The molecule has 0 saturated carbocycles. The van der Waals surface area contributed by atoms with Gasteiger partial charge in [-0.05, 0) is 19.5 Å². The van der Waals surface area contributed by atoms with Gasteiger partial charge in [-0.25, -0.2) is 0 Å². The molecule has 79 valence electrons. The minimum absolute atomic E-state index is 0.369. The van der Waals surface area contributed by atoms with Crippen LogP contribution in [-0.2, 0) is 4.74 Å². The Morgan fingerprint density at radius 1 is 1.38 bits per heavy atom. The third-order valence-electron chi connectivity index (χ3n) is 1.96. The van der Waals surface area contributed by atoms with Crippen LogP contribution in [0.2, 0.25) is 0 Å². The van der Waals surface area contributed by atoms with E-state index >= 15 is 0 Å². The third kappa shape index (κ3) is 6.99. The molecule has 0 aromatic rings. The van der Waals surface area contributed by atoms with E-state index < -0.39 is 0 Å². The molecule has 0 bridgehead atoms. The summed E-state index contributed by atoms with van der Waals surface area (Å²) >= 11 is 0. The smallest absolute Gasteiger partial charge is 0.0900 e. The Balaban J connectivity index is 3.42. The van der Waals surface area contributed by atoms with Crippen molar-refractivity contribution in [1.82, 2.24) is 4.90 Å². The first-order chi connectivity index (χ1) is 6.24. The molecule has 1 radical (unpaired) electrons. The predicted molar refractivity (Wildman–Crippen MR) is 54.6 cm³/mol. The van der Waals surface area contributed by atoms with Crippen LogP contribution in [0.25, 0.3) is 0 Å². The van der Waals surface area contributed by atoms with Gasteiger partial charge in [0.2, 0.25) is 0 Å². The van der Waals surface area contributed by atoms with Crippen LogP contribution in [0.1, 0.15) is 20.3 Å². The van der Waals surface area contributed by atoms with Gasteiger partial charge in [-0.3, -0.25) is 0 Å². The first-order valence-corrected chi connectivity index (χ1v) is 5.01. The Morgan fingerprint density at radius 3 is 2.46 bits per heavy atom. The number of rotatable bonds is 8. The normalized spacial score (nSPS) is 13.6. The maximum Gasteiger partial charge on any atom is 0.0900 e. The highest BCUT2D eigenvalue weighted by Gasteiger charge is 2.08. The SMILES string of the molecule is [CH2]CCOCC(O)CN(CC)CC. The molecule has 0 aliphatic heterocycles. The summed E-state index contributed by atoms with van der Waals surface area (Å²) in [5.41, 5.74) is 0. The van der Waals surface area contributed by atoms with Crippen LogP contribution in [0.5, 0.6) is 0 Å². The van der Waals surface area contributed by atoms with Crippen molar-refractivity contribution >= 4 is 0 Å². The highest BCUT2D eigenvalue weighted by atomic mass is 16.5. The summed E-state index contributed by atoms with van der Waals surface area (Å²) in [6, 6.07) is 0. The zero-order chi connectivity index (χ0) is 10.1. The van der Waals surface area contributed by atoms with E-state index in [1.54, 1.807) is 0 Å². The summed E-state index contributed by atoms with van der Waals surface area (Å²) in [6.07, 6.45) is 0.393. The average Bonchev–Trinajstić information content (AvgIpc) is 2.14. The van der Waals surface area contributed by atoms with Crippen molar-refractivity contribution in [2.45, 2.75) is 26.4 Å². The molecular formula is C10H22NO2. The molecule has 3 nitrogen and oxygen atoms in total. The molecule has 0 aromatic carbocycles. The lowest BCUT2D eigenvalue weighted by Gasteiger charge is -2.21. The van der Waals surface area contributed by atoms with E-state index in [1.165, 1.54) is 0 Å². The van der Waals surface area contributed by atoms with Crippen LogP contribution in [0.15, 0.2) is 0 Å². The Bertz CT molecular complexity index is 105. The van der Waals surface area contributed by atoms with Gasteiger partial charge in [0.15, 0.2) is 0 Å². The number of ether oxygens (including phenoxy) is 1. The number of aliphatic hydroxyl groups excluding tert-OH is 1. The molecule has 0 amide bonds. The monoisotopic (exact) mass is 188 g/mol. The van der Waals surface area contributed by atoms with Crippen LogP contribution in [-0.4, -0.2) is 49.0 Å². The molecule has 1 atom stereocenters. The Kier molecular flexibility index (Phi) is 8.40. The zero-order valence-corrected chi connectivity index (χ0v) is 8.83. The van der Waals surface area contributed by atoms with Crippen molar-refractivity contribution in [2.75, 3.05) is 32.8 Å². The maximum atomic E-state index is 9.52. The van der Waals surface area contributed by atoms with E-state index in [-0.39, 0.29) is 6.10 Å². The number of aliphatic hydroxyl groups is 1. The fourth-order valence-electron chi connectivity index (χ4n) is 1.15. The lowest BCUT2D eigenvalue weighted by atomic mass is 10.3. The highest BCUT2D eigenvalue weighted by Crippen LogP contribution is 1.93. The molecule has 13 heavy (non-hydrogen) atoms. The zero-order valence-electron chi connectivity index (χ0n) is 8.83. The molecule has 0 aromatic heterocycles. The van der Waals surface area contributed by atoms with Gasteiger partial charge in [0, 0.05) is 13.2 Å². The lowest BCUT2D eigenvalue weighted by molar-refractivity contribution is 0.0198. The standard InChI is InChI=1S/C10H22NO2/c1-4-7-13-9-10(12)8-11(5-2)6-3/h10,12H,1,4-9H2,2-3H3. The molecule has 0 saturated heterocycles. The molecule has 0 aliphatic rings. The third-order valence-corrected chi connectivity index (χ3v) is 1.96. The van der Waals surface area contributed by atoms with Crippen LogP contribution in [0.4, 0.5) is 0 Å². The van der Waals surface area contributed by atoms with Gasteiger partial charge in [-0.1, -0.05) is 20.8 Å². The Morgan fingerprint density at radius 2 is 2.00 bits per heavy atom. The molecular weight excluding hydrogens is 166 g/mol. The first-order valence-electron chi connectivity index (χ1n) is 5.01. The highest BCUT2D eigenvalue weighted by molar-refractivity contribution is 4.61. The van der Waals surface area contributed by atoms with E-state index in [0.717, 1.165) is 19.5 Å². The second-order valence-electron chi connectivity index (χ2n) is 3.07. The largest absolute Gasteiger partial charge is 0.389 e. The van der Waals surface area contributed by atoms with E-state index in [0.29, 0.717) is 19.8 Å². The number of likely N-dealkylation sites (N-methyl/N-ethyl adjacent to an activating group) is 1. The van der Waals surface area contributed by atoms with Gasteiger partial charge in [0.05, 0.1) is 12.7 Å². The van der Waals surface area contributed by atoms with E-state index in [9.17, 15) is 5.11 Å². The molecule has 0 aliphatic carbocycles. The van der Waals surface area contributed by atoms with Crippen LogP contribution >= 0.6 is 0 Å². The van der Waals surface area contributed by atoms with E-state index in [4.69, 9.17) is 4.74 Å². The van der Waals surface area contributed by atoms with Gasteiger partial charge < -0.3 is 14.7 Å². The van der Waals surface area contributed by atoms with Crippen LogP contribution in [0, 0.1) is 6.92 Å². The van der Waals surface area contributed by atoms with Gasteiger partial charge in [0.25, 0.3) is 0 Å². The van der Waals surface area contributed by atoms with Gasteiger partial charge in [-0.2, -0.15) is 0 Å². The number of nitrogens with zero attached hydrogens (tertiary/aromatic N) is 1. The minimum atomic E-state index is -0.369. The second kappa shape index (κ2) is 8.48. The van der Waals surface area contributed by atoms with Crippen molar-refractivity contribution in [1.29, 1.82) is 0 Å². The summed E-state index contributed by atoms with van der Waals surface area (Å²) in [4.78, 5) is 2.18. The summed E-state index contributed by atoms with van der Waals surface area (Å²) in [7, 11) is 0. The molecule has 0 spiro atoms. The van der Waals surface area contributed by atoms with Crippen molar-refractivity contribution in [2.24, 2.45) is 0 Å². The topological polar surface area (TPSA) is 32.7 Å². The summed E-state index contributed by atoms with van der Waals surface area (Å²) in [5, 5.41) is 9.52. The van der Waals surface area contributed by atoms with Gasteiger partial charge >= 0.3 is 0 Å². The van der Waals surface area contributed by atoms with E-state index in [2.05, 4.69) is 25.7 Å². The van der Waals surface area contributed by atoms with Gasteiger partial charge in [0.1, 0.15) is 0 Å². The van der Waals surface area contributed by atoms with Crippen LogP contribution < -0.4 is 0 Å². The quantitative estimate of drug-likeness (QED) is 0.575. The molecule has 3 heteroatoms. The maximum absolute atomic E-state index is 9.52. The first kappa shape index (κ1) is 12.9. The van der Waals surface area contributed by atoms with E-state index in [1.807, 2.05) is 0 Å². The summed E-state index contributed by atoms with van der Waals surface area (Å²) < 4.78 is 5.20. The van der Waals surface area contributed by atoms with Crippen molar-refractivity contribution in [3.63, 3.8) is 0 Å². The molecule has 1 N–H and O–H groups in total. The Hall–Kier alpha value is -0.120. The molecule has 0 heterocycles. The number of hydrogen-bond acceptors (Lipinski definition) is 3. The van der Waals surface area contributed by atoms with Crippen molar-refractivity contribution < 1.29 is 9.84 Å². The molecule has 1 unspecified atom stereocenters. The fourth-order valence-corrected chi connectivity index (χ4v) is 1.15. The molecule has 0 rings (SSSR count). The summed E-state index contributed by atoms with van der Waals surface area (Å²) in [5.74, 6) is 0. The predicted octanol–water partition coefficient (Wildman–Crippen LogP) is 0.930. The van der Waals surface area contributed by atoms with Gasteiger partial charge in [-0.15, -0.1) is 0 Å².